The molecule has 0 heterocycles. The molecule has 0 saturated carbocycles. The molecule has 0 amide bonds. The normalized spacial score (nSPS) is 12.2. The summed E-state index contributed by atoms with van der Waals surface area (Å²) in [6.07, 6.45) is 84.9. The van der Waals surface area contributed by atoms with Gasteiger partial charge in [-0.2, -0.15) is 0 Å². The van der Waals surface area contributed by atoms with Crippen molar-refractivity contribution in [1.29, 1.82) is 0 Å². The third-order valence-electron chi connectivity index (χ3n) is 16.1. The summed E-state index contributed by atoms with van der Waals surface area (Å²) in [6.45, 7) is 6.64. The molecule has 0 fully saturated rings. The van der Waals surface area contributed by atoms with E-state index in [9.17, 15) is 14.4 Å². The van der Waals surface area contributed by atoms with E-state index in [1.165, 1.54) is 283 Å². The fraction of sp³-hybridized carbons (Fsp3) is 0.877. The molecular weight excluding hydrogens is 973 g/mol. The Morgan fingerprint density at radius 3 is 0.671 bits per heavy atom. The van der Waals surface area contributed by atoms with Crippen LogP contribution in [0.4, 0.5) is 0 Å². The van der Waals surface area contributed by atoms with Crippen LogP contribution in [0.15, 0.2) is 36.5 Å². The first-order valence-corrected chi connectivity index (χ1v) is 35.5. The minimum atomic E-state index is -0.777. The number of unbranched alkanes of at least 4 members (excludes halogenated alkanes) is 49. The minimum absolute atomic E-state index is 0.0738. The van der Waals surface area contributed by atoms with Crippen molar-refractivity contribution in [1.82, 2.24) is 0 Å². The zero-order chi connectivity index (χ0) is 57.1. The summed E-state index contributed by atoms with van der Waals surface area (Å²) in [4.78, 5) is 38.2. The molecular formula is C73H136O6. The van der Waals surface area contributed by atoms with Gasteiger partial charge in [0.25, 0.3) is 0 Å². The van der Waals surface area contributed by atoms with Gasteiger partial charge in [-0.25, -0.2) is 0 Å². The molecule has 1 unspecified atom stereocenters. The van der Waals surface area contributed by atoms with Crippen molar-refractivity contribution in [3.05, 3.63) is 36.5 Å². The van der Waals surface area contributed by atoms with Gasteiger partial charge in [-0.05, 0) is 89.9 Å². The summed E-state index contributed by atoms with van der Waals surface area (Å²) in [7, 11) is 0. The fourth-order valence-corrected chi connectivity index (χ4v) is 10.7. The maximum absolute atomic E-state index is 12.9. The van der Waals surface area contributed by atoms with E-state index >= 15 is 0 Å². The number of ether oxygens (including phenoxy) is 3. The number of carbonyl (C=O) groups excluding carboxylic acids is 3. The molecule has 0 saturated heterocycles. The molecule has 6 nitrogen and oxygen atoms in total. The Morgan fingerprint density at radius 2 is 0.430 bits per heavy atom. The standard InChI is InChI=1S/C73H136O6/c1-4-7-10-13-16-19-22-24-26-27-28-29-30-31-32-33-34-35-36-37-38-39-40-41-42-43-44-45-47-48-51-54-57-60-63-66-72(75)78-69-70(68-77-71(74)65-62-59-56-53-50-21-18-15-12-9-6-3)79-73(76)67-64-61-58-55-52-49-46-25-23-20-17-14-11-8-5-2/h15,18,25,27-28,46,70H,4-14,16-17,19-24,26,29-45,47-69H2,1-3H3/b18-15-,28-27-,46-25-. The molecule has 0 rings (SSSR count). The second-order valence-electron chi connectivity index (χ2n) is 24.1. The number of carbonyl (C=O) groups is 3. The third kappa shape index (κ3) is 66.3. The Kier molecular flexibility index (Phi) is 66.1. The SMILES string of the molecule is CCCC/C=C\CCCCCCCC(=O)OCC(COC(=O)CCCCCCCCCCCCCCCCCCCCCCCCC/C=C\CCCCCCCCCC)OC(=O)CCCCCCC/C=C\CCCCCCCC. The molecule has 6 heteroatoms. The maximum Gasteiger partial charge on any atom is 0.306 e. The first-order valence-electron chi connectivity index (χ1n) is 35.5. The average Bonchev–Trinajstić information content (AvgIpc) is 3.45. The van der Waals surface area contributed by atoms with Gasteiger partial charge in [-0.3, -0.25) is 14.4 Å². The molecule has 0 aromatic carbocycles. The van der Waals surface area contributed by atoms with Crippen LogP contribution in [0.25, 0.3) is 0 Å². The van der Waals surface area contributed by atoms with Crippen molar-refractivity contribution in [2.24, 2.45) is 0 Å². The molecule has 0 aromatic rings. The van der Waals surface area contributed by atoms with E-state index in [0.29, 0.717) is 19.3 Å². The first-order chi connectivity index (χ1) is 39.0. The number of hydrogen-bond donors (Lipinski definition) is 0. The van der Waals surface area contributed by atoms with E-state index in [1.807, 2.05) is 0 Å². The summed E-state index contributed by atoms with van der Waals surface area (Å²) in [5, 5.41) is 0. The van der Waals surface area contributed by atoms with Gasteiger partial charge in [-0.1, -0.05) is 320 Å². The molecule has 0 aliphatic heterocycles. The molecule has 0 aliphatic rings. The molecule has 0 aliphatic carbocycles. The summed E-state index contributed by atoms with van der Waals surface area (Å²) in [5.74, 6) is -0.870. The molecule has 464 valence electrons. The number of hydrogen-bond acceptors (Lipinski definition) is 6. The van der Waals surface area contributed by atoms with Crippen molar-refractivity contribution in [3.8, 4) is 0 Å². The van der Waals surface area contributed by atoms with Crippen LogP contribution in [0.2, 0.25) is 0 Å². The van der Waals surface area contributed by atoms with E-state index in [2.05, 4.69) is 57.2 Å². The molecule has 0 radical (unpaired) electrons. The lowest BCUT2D eigenvalue weighted by Crippen LogP contribution is -2.30. The van der Waals surface area contributed by atoms with Gasteiger partial charge in [0.1, 0.15) is 13.2 Å². The van der Waals surface area contributed by atoms with Crippen LogP contribution in [-0.4, -0.2) is 37.2 Å². The van der Waals surface area contributed by atoms with Crippen LogP contribution < -0.4 is 0 Å². The van der Waals surface area contributed by atoms with Crippen LogP contribution in [0.5, 0.6) is 0 Å². The van der Waals surface area contributed by atoms with Gasteiger partial charge in [0.15, 0.2) is 6.10 Å². The predicted octanol–water partition coefficient (Wildman–Crippen LogP) is 24.3. The Hall–Kier alpha value is -2.37. The summed E-state index contributed by atoms with van der Waals surface area (Å²) >= 11 is 0. The highest BCUT2D eigenvalue weighted by molar-refractivity contribution is 5.71. The number of allylic oxidation sites excluding steroid dienone is 6. The Labute approximate surface area is 493 Å². The second kappa shape index (κ2) is 68.1. The van der Waals surface area contributed by atoms with Crippen molar-refractivity contribution < 1.29 is 28.6 Å². The fourth-order valence-electron chi connectivity index (χ4n) is 10.7. The van der Waals surface area contributed by atoms with Gasteiger partial charge in [0.05, 0.1) is 0 Å². The lowest BCUT2D eigenvalue weighted by atomic mass is 10.0. The zero-order valence-corrected chi connectivity index (χ0v) is 53.4. The molecule has 0 N–H and O–H groups in total. The highest BCUT2D eigenvalue weighted by Gasteiger charge is 2.19. The highest BCUT2D eigenvalue weighted by Crippen LogP contribution is 2.18. The molecule has 0 spiro atoms. The Bertz CT molecular complexity index is 1320. The second-order valence-corrected chi connectivity index (χ2v) is 24.1. The molecule has 1 atom stereocenters. The third-order valence-corrected chi connectivity index (χ3v) is 16.1. The van der Waals surface area contributed by atoms with Crippen LogP contribution in [0.3, 0.4) is 0 Å². The molecule has 79 heavy (non-hydrogen) atoms. The molecule has 0 bridgehead atoms. The highest BCUT2D eigenvalue weighted by atomic mass is 16.6. The van der Waals surface area contributed by atoms with Gasteiger partial charge in [0, 0.05) is 19.3 Å². The van der Waals surface area contributed by atoms with Crippen molar-refractivity contribution >= 4 is 17.9 Å². The maximum atomic E-state index is 12.9. The van der Waals surface area contributed by atoms with Crippen molar-refractivity contribution in [2.45, 2.75) is 399 Å². The van der Waals surface area contributed by atoms with Gasteiger partial charge in [0.2, 0.25) is 0 Å². The van der Waals surface area contributed by atoms with E-state index in [4.69, 9.17) is 14.2 Å². The van der Waals surface area contributed by atoms with Gasteiger partial charge >= 0.3 is 17.9 Å². The smallest absolute Gasteiger partial charge is 0.306 e. The average molecular weight is 1110 g/mol. The monoisotopic (exact) mass is 1110 g/mol. The summed E-state index contributed by atoms with van der Waals surface area (Å²) in [5.41, 5.74) is 0. The lowest BCUT2D eigenvalue weighted by Gasteiger charge is -2.18. The van der Waals surface area contributed by atoms with E-state index in [1.54, 1.807) is 0 Å². The zero-order valence-electron chi connectivity index (χ0n) is 53.4. The Balaban J connectivity index is 4.01. The van der Waals surface area contributed by atoms with E-state index in [-0.39, 0.29) is 31.1 Å². The van der Waals surface area contributed by atoms with Crippen LogP contribution in [0.1, 0.15) is 393 Å². The van der Waals surface area contributed by atoms with Gasteiger partial charge < -0.3 is 14.2 Å². The van der Waals surface area contributed by atoms with E-state index < -0.39 is 6.10 Å². The van der Waals surface area contributed by atoms with Gasteiger partial charge in [-0.15, -0.1) is 0 Å². The Morgan fingerprint density at radius 1 is 0.241 bits per heavy atom. The topological polar surface area (TPSA) is 78.9 Å². The molecule has 0 aromatic heterocycles. The summed E-state index contributed by atoms with van der Waals surface area (Å²) in [6, 6.07) is 0. The van der Waals surface area contributed by atoms with Crippen molar-refractivity contribution in [2.75, 3.05) is 13.2 Å². The quantitative estimate of drug-likeness (QED) is 0.0261. The predicted molar refractivity (Wildman–Crippen MR) is 344 cm³/mol. The largest absolute Gasteiger partial charge is 0.462 e. The number of esters is 3. The summed E-state index contributed by atoms with van der Waals surface area (Å²) < 4.78 is 16.9. The van der Waals surface area contributed by atoms with Crippen LogP contribution in [-0.2, 0) is 28.6 Å². The van der Waals surface area contributed by atoms with Crippen molar-refractivity contribution in [3.63, 3.8) is 0 Å². The number of rotatable bonds is 66. The van der Waals surface area contributed by atoms with Crippen LogP contribution in [0, 0.1) is 0 Å². The lowest BCUT2D eigenvalue weighted by molar-refractivity contribution is -0.167. The van der Waals surface area contributed by atoms with E-state index in [0.717, 1.165) is 70.6 Å². The minimum Gasteiger partial charge on any atom is -0.462 e. The van der Waals surface area contributed by atoms with Crippen LogP contribution >= 0.6 is 0 Å². The first kappa shape index (κ1) is 76.6.